The summed E-state index contributed by atoms with van der Waals surface area (Å²) in [4.78, 5) is 0.383. The fourth-order valence-electron chi connectivity index (χ4n) is 2.06. The first-order valence-corrected chi connectivity index (χ1v) is 9.00. The van der Waals surface area contributed by atoms with Crippen LogP contribution in [0.2, 0.25) is 0 Å². The number of aryl methyl sites for hydroxylation is 2. The SMILES string of the molecule is CCNCc1cc(S(=O)(=O)NC(C)C(C)C)c(C)cc1C. The standard InChI is InChI=1S/C16H28N2O2S/c1-7-17-10-15-9-16(13(5)8-12(15)4)21(19,20)18-14(6)11(2)3/h8-9,11,14,17-18H,7,10H2,1-6H3. The summed E-state index contributed by atoms with van der Waals surface area (Å²) in [6, 6.07) is 3.65. The second-order valence-electron chi connectivity index (χ2n) is 5.98. The predicted molar refractivity (Wildman–Crippen MR) is 87.9 cm³/mol. The molecule has 1 aromatic rings. The first kappa shape index (κ1) is 18.1. The van der Waals surface area contributed by atoms with Crippen LogP contribution >= 0.6 is 0 Å². The quantitative estimate of drug-likeness (QED) is 0.814. The van der Waals surface area contributed by atoms with Crippen LogP contribution in [0, 0.1) is 19.8 Å². The van der Waals surface area contributed by atoms with Crippen LogP contribution in [0.5, 0.6) is 0 Å². The van der Waals surface area contributed by atoms with Gasteiger partial charge in [-0.1, -0.05) is 26.8 Å². The van der Waals surface area contributed by atoms with Crippen molar-refractivity contribution in [3.8, 4) is 0 Å². The van der Waals surface area contributed by atoms with E-state index in [1.165, 1.54) is 0 Å². The molecule has 1 unspecified atom stereocenters. The van der Waals surface area contributed by atoms with Gasteiger partial charge in [-0.15, -0.1) is 0 Å². The minimum atomic E-state index is -3.48. The van der Waals surface area contributed by atoms with Gasteiger partial charge in [0.25, 0.3) is 0 Å². The molecule has 21 heavy (non-hydrogen) atoms. The molecule has 1 rings (SSSR count). The Balaban J connectivity index is 3.16. The lowest BCUT2D eigenvalue weighted by atomic mass is 10.1. The lowest BCUT2D eigenvalue weighted by molar-refractivity contribution is 0.476. The maximum Gasteiger partial charge on any atom is 0.241 e. The van der Waals surface area contributed by atoms with Gasteiger partial charge in [0, 0.05) is 12.6 Å². The molecule has 5 heteroatoms. The molecule has 0 spiro atoms. The van der Waals surface area contributed by atoms with E-state index < -0.39 is 10.0 Å². The Morgan fingerprint density at radius 3 is 2.24 bits per heavy atom. The van der Waals surface area contributed by atoms with Gasteiger partial charge in [-0.3, -0.25) is 0 Å². The fourth-order valence-corrected chi connectivity index (χ4v) is 3.73. The van der Waals surface area contributed by atoms with Gasteiger partial charge in [0.1, 0.15) is 0 Å². The Hall–Kier alpha value is -0.910. The molecule has 0 radical (unpaired) electrons. The zero-order chi connectivity index (χ0) is 16.2. The zero-order valence-corrected chi connectivity index (χ0v) is 14.8. The van der Waals surface area contributed by atoms with Crippen molar-refractivity contribution in [2.24, 2.45) is 5.92 Å². The summed E-state index contributed by atoms with van der Waals surface area (Å²) < 4.78 is 27.9. The summed E-state index contributed by atoms with van der Waals surface area (Å²) in [6.45, 7) is 13.3. The molecule has 0 bridgehead atoms. The Morgan fingerprint density at radius 1 is 1.10 bits per heavy atom. The number of sulfonamides is 1. The van der Waals surface area contributed by atoms with E-state index >= 15 is 0 Å². The van der Waals surface area contributed by atoms with Gasteiger partial charge in [-0.2, -0.15) is 0 Å². The Labute approximate surface area is 129 Å². The highest BCUT2D eigenvalue weighted by atomic mass is 32.2. The average Bonchev–Trinajstić information content (AvgIpc) is 2.36. The third-order valence-electron chi connectivity index (χ3n) is 3.83. The molecule has 0 saturated carbocycles. The summed E-state index contributed by atoms with van der Waals surface area (Å²) in [5.41, 5.74) is 2.93. The van der Waals surface area contributed by atoms with Crippen LogP contribution in [-0.2, 0) is 16.6 Å². The number of hydrogen-bond donors (Lipinski definition) is 2. The fraction of sp³-hybridized carbons (Fsp3) is 0.625. The smallest absolute Gasteiger partial charge is 0.241 e. The highest BCUT2D eigenvalue weighted by Gasteiger charge is 2.22. The number of nitrogens with one attached hydrogen (secondary N) is 2. The van der Waals surface area contributed by atoms with Crippen molar-refractivity contribution in [2.45, 2.75) is 59.0 Å². The molecule has 0 heterocycles. The summed E-state index contributed by atoms with van der Waals surface area (Å²) in [5, 5.41) is 3.25. The van der Waals surface area contributed by atoms with Gasteiger partial charge < -0.3 is 5.32 Å². The van der Waals surface area contributed by atoms with Crippen molar-refractivity contribution in [3.05, 3.63) is 28.8 Å². The number of benzene rings is 1. The largest absolute Gasteiger partial charge is 0.313 e. The molecule has 4 nitrogen and oxygen atoms in total. The molecule has 2 N–H and O–H groups in total. The monoisotopic (exact) mass is 312 g/mol. The minimum Gasteiger partial charge on any atom is -0.313 e. The third kappa shape index (κ3) is 4.80. The number of rotatable bonds is 7. The molecular formula is C16H28N2O2S. The Morgan fingerprint density at radius 2 is 1.71 bits per heavy atom. The lowest BCUT2D eigenvalue weighted by Crippen LogP contribution is -2.36. The van der Waals surface area contributed by atoms with Gasteiger partial charge >= 0.3 is 0 Å². The van der Waals surface area contributed by atoms with Crippen LogP contribution in [0.4, 0.5) is 0 Å². The summed E-state index contributed by atoms with van der Waals surface area (Å²) in [5.74, 6) is 0.256. The van der Waals surface area contributed by atoms with E-state index in [9.17, 15) is 8.42 Å². The van der Waals surface area contributed by atoms with Crippen molar-refractivity contribution < 1.29 is 8.42 Å². The Bertz CT molecular complexity index is 580. The minimum absolute atomic E-state index is 0.0899. The van der Waals surface area contributed by atoms with Gasteiger partial charge in [0.2, 0.25) is 10.0 Å². The molecule has 0 aliphatic heterocycles. The van der Waals surface area contributed by atoms with E-state index in [-0.39, 0.29) is 12.0 Å². The third-order valence-corrected chi connectivity index (χ3v) is 5.53. The topological polar surface area (TPSA) is 58.2 Å². The van der Waals surface area contributed by atoms with E-state index in [0.29, 0.717) is 11.4 Å². The predicted octanol–water partition coefficient (Wildman–Crippen LogP) is 2.74. The van der Waals surface area contributed by atoms with E-state index in [1.54, 1.807) is 6.07 Å². The maximum atomic E-state index is 12.6. The lowest BCUT2D eigenvalue weighted by Gasteiger charge is -2.19. The normalized spacial score (nSPS) is 13.7. The Kier molecular flexibility index (Phi) is 6.38. The second-order valence-corrected chi connectivity index (χ2v) is 7.66. The van der Waals surface area contributed by atoms with Crippen LogP contribution < -0.4 is 10.0 Å². The molecule has 1 atom stereocenters. The molecule has 0 amide bonds. The molecule has 0 fully saturated rings. The molecular weight excluding hydrogens is 284 g/mol. The summed E-state index contributed by atoms with van der Waals surface area (Å²) in [7, 11) is -3.48. The molecule has 0 aromatic heterocycles. The van der Waals surface area contributed by atoms with Gasteiger partial charge in [-0.05, 0) is 56.0 Å². The highest BCUT2D eigenvalue weighted by molar-refractivity contribution is 7.89. The van der Waals surface area contributed by atoms with Gasteiger partial charge in [0.05, 0.1) is 4.90 Å². The van der Waals surface area contributed by atoms with Crippen molar-refractivity contribution in [1.29, 1.82) is 0 Å². The van der Waals surface area contributed by atoms with E-state index in [4.69, 9.17) is 0 Å². The first-order valence-electron chi connectivity index (χ1n) is 7.52. The van der Waals surface area contributed by atoms with Crippen molar-refractivity contribution in [2.75, 3.05) is 6.54 Å². The molecule has 120 valence electrons. The molecule has 1 aromatic carbocycles. The summed E-state index contributed by atoms with van der Waals surface area (Å²) in [6.07, 6.45) is 0. The molecule has 0 aliphatic carbocycles. The zero-order valence-electron chi connectivity index (χ0n) is 13.9. The van der Waals surface area contributed by atoms with Gasteiger partial charge in [0.15, 0.2) is 0 Å². The van der Waals surface area contributed by atoms with Crippen molar-refractivity contribution >= 4 is 10.0 Å². The van der Waals surface area contributed by atoms with E-state index in [1.807, 2.05) is 47.6 Å². The van der Waals surface area contributed by atoms with Crippen LogP contribution in [0.15, 0.2) is 17.0 Å². The average molecular weight is 312 g/mol. The van der Waals surface area contributed by atoms with E-state index in [0.717, 1.165) is 23.2 Å². The van der Waals surface area contributed by atoms with Crippen LogP contribution in [0.25, 0.3) is 0 Å². The van der Waals surface area contributed by atoms with E-state index in [2.05, 4.69) is 10.0 Å². The van der Waals surface area contributed by atoms with Crippen LogP contribution in [0.1, 0.15) is 44.4 Å². The highest BCUT2D eigenvalue weighted by Crippen LogP contribution is 2.21. The first-order chi connectivity index (χ1) is 9.69. The number of hydrogen-bond acceptors (Lipinski definition) is 3. The molecule has 0 aliphatic rings. The second kappa shape index (κ2) is 7.38. The van der Waals surface area contributed by atoms with Crippen LogP contribution in [-0.4, -0.2) is 21.0 Å². The van der Waals surface area contributed by atoms with Crippen molar-refractivity contribution in [3.63, 3.8) is 0 Å². The van der Waals surface area contributed by atoms with Crippen LogP contribution in [0.3, 0.4) is 0 Å². The maximum absolute atomic E-state index is 12.6. The van der Waals surface area contributed by atoms with Crippen molar-refractivity contribution in [1.82, 2.24) is 10.0 Å². The molecule has 0 saturated heterocycles. The van der Waals surface area contributed by atoms with Gasteiger partial charge in [-0.25, -0.2) is 13.1 Å². The summed E-state index contributed by atoms with van der Waals surface area (Å²) >= 11 is 0.